The number of piperidine rings is 1. The number of pyridine rings is 1. The molecule has 2 saturated heterocycles. The highest BCUT2D eigenvalue weighted by Crippen LogP contribution is 2.37. The maximum atomic E-state index is 13.5. The number of aromatic nitrogens is 3. The Morgan fingerprint density at radius 1 is 1.10 bits per heavy atom. The lowest BCUT2D eigenvalue weighted by atomic mass is 9.84. The van der Waals surface area contributed by atoms with Gasteiger partial charge in [-0.15, -0.1) is 0 Å². The maximum absolute atomic E-state index is 13.5. The molecule has 9 nitrogen and oxygen atoms in total. The van der Waals surface area contributed by atoms with Crippen LogP contribution < -0.4 is 10.2 Å². The van der Waals surface area contributed by atoms with Gasteiger partial charge in [0.2, 0.25) is 0 Å². The monoisotopic (exact) mass is 551 g/mol. The molecule has 2 amide bonds. The summed E-state index contributed by atoms with van der Waals surface area (Å²) in [5, 5.41) is 7.53. The molecule has 216 valence electrons. The number of likely N-dealkylation sites (tertiary alicyclic amines) is 1. The molecule has 0 unspecified atom stereocenters. The van der Waals surface area contributed by atoms with Gasteiger partial charge in [-0.1, -0.05) is 6.07 Å². The van der Waals surface area contributed by atoms with Crippen LogP contribution >= 0.6 is 0 Å². The van der Waals surface area contributed by atoms with Gasteiger partial charge in [-0.2, -0.15) is 5.10 Å². The number of piperazine rings is 1. The Balaban J connectivity index is 1.31. The second kappa shape index (κ2) is 12.1. The van der Waals surface area contributed by atoms with Crippen molar-refractivity contribution in [3.63, 3.8) is 0 Å². The van der Waals surface area contributed by atoms with Gasteiger partial charge in [0.05, 0.1) is 22.5 Å². The number of nitrogens with one attached hydrogen (secondary N) is 1. The molecule has 0 radical (unpaired) electrons. The number of rotatable bonds is 8. The predicted octanol–water partition coefficient (Wildman–Crippen LogP) is 4.32. The van der Waals surface area contributed by atoms with E-state index in [1.165, 1.54) is 0 Å². The molecular formula is C30H42FN7O2. The SMILES string of the molecule is CCOC1(c2ccc(-c3cc4c(N5CCN(C(=O)NC(C)C)CC5)ccnn4c3)nc2)CCN(C[C@@H](C)F)CC1. The van der Waals surface area contributed by atoms with Gasteiger partial charge in [0.1, 0.15) is 6.17 Å². The number of ether oxygens (including phenoxy) is 1. The summed E-state index contributed by atoms with van der Waals surface area (Å²) in [6.07, 6.45) is 6.60. The van der Waals surface area contributed by atoms with E-state index in [4.69, 9.17) is 9.72 Å². The number of anilines is 1. The van der Waals surface area contributed by atoms with Gasteiger partial charge >= 0.3 is 6.03 Å². The molecule has 0 aliphatic carbocycles. The first kappa shape index (κ1) is 28.3. The minimum atomic E-state index is -0.825. The number of hydrogen-bond donors (Lipinski definition) is 1. The third-order valence-electron chi connectivity index (χ3n) is 7.99. The van der Waals surface area contributed by atoms with E-state index in [2.05, 4.69) is 38.4 Å². The summed E-state index contributed by atoms with van der Waals surface area (Å²) in [5.41, 5.74) is 4.69. The Kier molecular flexibility index (Phi) is 8.56. The molecule has 0 aromatic carbocycles. The number of halogens is 1. The highest BCUT2D eigenvalue weighted by Gasteiger charge is 2.37. The molecule has 40 heavy (non-hydrogen) atoms. The van der Waals surface area contributed by atoms with Crippen LogP contribution in [0.15, 0.2) is 42.9 Å². The van der Waals surface area contributed by atoms with E-state index < -0.39 is 6.17 Å². The van der Waals surface area contributed by atoms with Crippen LogP contribution in [-0.2, 0) is 10.3 Å². The zero-order valence-corrected chi connectivity index (χ0v) is 24.1. The lowest BCUT2D eigenvalue weighted by Crippen LogP contribution is -2.53. The molecule has 2 aliphatic rings. The van der Waals surface area contributed by atoms with Crippen LogP contribution in [-0.4, -0.2) is 95.1 Å². The Labute approximate surface area is 236 Å². The number of carbonyl (C=O) groups is 1. The molecule has 1 N–H and O–H groups in total. The zero-order valence-electron chi connectivity index (χ0n) is 24.1. The molecule has 3 aromatic heterocycles. The zero-order chi connectivity index (χ0) is 28.3. The molecule has 10 heteroatoms. The van der Waals surface area contributed by atoms with E-state index in [0.29, 0.717) is 26.2 Å². The maximum Gasteiger partial charge on any atom is 0.317 e. The van der Waals surface area contributed by atoms with Crippen molar-refractivity contribution < 1.29 is 13.9 Å². The molecular weight excluding hydrogens is 509 g/mol. The number of carbonyl (C=O) groups excluding carboxylic acids is 1. The summed E-state index contributed by atoms with van der Waals surface area (Å²) in [4.78, 5) is 23.6. The van der Waals surface area contributed by atoms with Gasteiger partial charge < -0.3 is 24.8 Å². The second-order valence-corrected chi connectivity index (χ2v) is 11.3. The fourth-order valence-electron chi connectivity index (χ4n) is 5.98. The van der Waals surface area contributed by atoms with Crippen LogP contribution in [0.2, 0.25) is 0 Å². The third-order valence-corrected chi connectivity index (χ3v) is 7.99. The summed E-state index contributed by atoms with van der Waals surface area (Å²) < 4.78 is 21.8. The summed E-state index contributed by atoms with van der Waals surface area (Å²) in [6.45, 7) is 13.2. The van der Waals surface area contributed by atoms with Crippen molar-refractivity contribution in [2.24, 2.45) is 0 Å². The van der Waals surface area contributed by atoms with E-state index in [-0.39, 0.29) is 17.7 Å². The van der Waals surface area contributed by atoms with Crippen molar-refractivity contribution >= 4 is 17.2 Å². The quantitative estimate of drug-likeness (QED) is 0.449. The molecule has 1 atom stereocenters. The van der Waals surface area contributed by atoms with Gasteiger partial charge in [0, 0.05) is 88.2 Å². The standard InChI is InChI=1S/C30H42FN7O2/c1-5-40-30(9-12-35(13-10-30)20-23(4)31)25-6-7-26(32-19-25)24-18-28-27(8-11-33-38(28)21-24)36-14-16-37(17-15-36)29(39)34-22(2)3/h6-8,11,18-19,21-23H,5,9-10,12-17,20H2,1-4H3,(H,34,39)/t23-/m1/s1. The molecule has 5 rings (SSSR count). The number of amides is 2. The van der Waals surface area contributed by atoms with Crippen LogP contribution in [0.4, 0.5) is 14.9 Å². The predicted molar refractivity (Wildman–Crippen MR) is 155 cm³/mol. The molecule has 2 fully saturated rings. The largest absolute Gasteiger partial charge is 0.370 e. The first-order valence-electron chi connectivity index (χ1n) is 14.5. The van der Waals surface area contributed by atoms with Crippen LogP contribution in [0.5, 0.6) is 0 Å². The summed E-state index contributed by atoms with van der Waals surface area (Å²) in [5.74, 6) is 0. The van der Waals surface area contributed by atoms with Gasteiger partial charge in [0.15, 0.2) is 0 Å². The lowest BCUT2D eigenvalue weighted by Gasteiger charge is -2.42. The number of fused-ring (bicyclic) bond motifs is 1. The summed E-state index contributed by atoms with van der Waals surface area (Å²) in [6, 6.07) is 8.50. The van der Waals surface area contributed by atoms with Gasteiger partial charge in [-0.3, -0.25) is 4.98 Å². The molecule has 0 bridgehead atoms. The highest BCUT2D eigenvalue weighted by molar-refractivity contribution is 5.79. The van der Waals surface area contributed by atoms with Gasteiger partial charge in [-0.05, 0) is 58.7 Å². The topological polar surface area (TPSA) is 78.2 Å². The minimum absolute atomic E-state index is 0.0000431. The highest BCUT2D eigenvalue weighted by atomic mass is 19.1. The van der Waals surface area contributed by atoms with Crippen molar-refractivity contribution in [1.82, 2.24) is 29.7 Å². The van der Waals surface area contributed by atoms with Crippen molar-refractivity contribution in [2.45, 2.75) is 58.4 Å². The van der Waals surface area contributed by atoms with Crippen LogP contribution in [0.25, 0.3) is 16.8 Å². The summed E-state index contributed by atoms with van der Waals surface area (Å²) in [7, 11) is 0. The van der Waals surface area contributed by atoms with Crippen molar-refractivity contribution in [1.29, 1.82) is 0 Å². The van der Waals surface area contributed by atoms with E-state index in [1.807, 2.05) is 54.8 Å². The molecule has 0 spiro atoms. The van der Waals surface area contributed by atoms with Gasteiger partial charge in [-0.25, -0.2) is 13.7 Å². The number of alkyl halides is 1. The van der Waals surface area contributed by atoms with Gasteiger partial charge in [0.25, 0.3) is 0 Å². The number of urea groups is 1. The fraction of sp³-hybridized carbons (Fsp3) is 0.567. The Bertz CT molecular complexity index is 1280. The minimum Gasteiger partial charge on any atom is -0.370 e. The summed E-state index contributed by atoms with van der Waals surface area (Å²) >= 11 is 0. The van der Waals surface area contributed by atoms with Crippen molar-refractivity contribution in [2.75, 3.05) is 57.3 Å². The Morgan fingerprint density at radius 2 is 1.85 bits per heavy atom. The first-order valence-corrected chi connectivity index (χ1v) is 14.5. The molecule has 2 aliphatic heterocycles. The number of hydrogen-bond acceptors (Lipinski definition) is 6. The van der Waals surface area contributed by atoms with E-state index >= 15 is 0 Å². The van der Waals surface area contributed by atoms with Crippen LogP contribution in [0, 0.1) is 0 Å². The van der Waals surface area contributed by atoms with E-state index in [1.54, 1.807) is 6.92 Å². The molecule has 5 heterocycles. The average Bonchev–Trinajstić information content (AvgIpc) is 3.39. The fourth-order valence-corrected chi connectivity index (χ4v) is 5.98. The number of nitrogens with zero attached hydrogens (tertiary/aromatic N) is 6. The molecule has 3 aromatic rings. The van der Waals surface area contributed by atoms with E-state index in [0.717, 1.165) is 67.0 Å². The van der Waals surface area contributed by atoms with Crippen LogP contribution in [0.3, 0.4) is 0 Å². The average molecular weight is 552 g/mol. The Hall–Kier alpha value is -3.24. The first-order chi connectivity index (χ1) is 19.3. The van der Waals surface area contributed by atoms with Crippen LogP contribution in [0.1, 0.15) is 46.1 Å². The van der Waals surface area contributed by atoms with Crippen molar-refractivity contribution in [3.05, 3.63) is 48.4 Å². The third kappa shape index (κ3) is 6.07. The smallest absolute Gasteiger partial charge is 0.317 e. The second-order valence-electron chi connectivity index (χ2n) is 11.3. The Morgan fingerprint density at radius 3 is 2.48 bits per heavy atom. The van der Waals surface area contributed by atoms with Crippen molar-refractivity contribution in [3.8, 4) is 11.3 Å². The normalized spacial score (nSPS) is 18.9. The van der Waals surface area contributed by atoms with E-state index in [9.17, 15) is 9.18 Å². The molecule has 0 saturated carbocycles. The lowest BCUT2D eigenvalue weighted by molar-refractivity contribution is -0.0868.